The number of urea groups is 1. The standard InChI is InChI=1S/C18H26N6O3S/c1-13(2)4-9-20-17(26)21-15(25)12-28-18-23-22-16(24(18)10-11-27-3)14-5-7-19-8-6-14/h5-8,13H,4,9-12H2,1-3H3,(H2,20,21,25,26). The second-order valence-corrected chi connectivity index (χ2v) is 7.40. The second-order valence-electron chi connectivity index (χ2n) is 6.46. The van der Waals surface area contributed by atoms with Gasteiger partial charge in [0, 0.05) is 31.6 Å². The zero-order valence-electron chi connectivity index (χ0n) is 16.3. The largest absolute Gasteiger partial charge is 0.383 e. The Morgan fingerprint density at radius 3 is 2.68 bits per heavy atom. The molecule has 2 aromatic heterocycles. The highest BCUT2D eigenvalue weighted by atomic mass is 32.2. The molecule has 3 amide bonds. The van der Waals surface area contributed by atoms with Crippen molar-refractivity contribution in [1.82, 2.24) is 30.4 Å². The molecule has 0 saturated heterocycles. The number of rotatable bonds is 10. The Bertz CT molecular complexity index is 766. The molecule has 0 bridgehead atoms. The summed E-state index contributed by atoms with van der Waals surface area (Å²) >= 11 is 1.22. The van der Waals surface area contributed by atoms with Crippen molar-refractivity contribution in [3.8, 4) is 11.4 Å². The Kier molecular flexibility index (Phi) is 8.89. The number of nitrogens with one attached hydrogen (secondary N) is 2. The van der Waals surface area contributed by atoms with E-state index in [0.717, 1.165) is 12.0 Å². The van der Waals surface area contributed by atoms with Crippen LogP contribution in [0.1, 0.15) is 20.3 Å². The van der Waals surface area contributed by atoms with E-state index < -0.39 is 11.9 Å². The number of carbonyl (C=O) groups is 2. The molecule has 0 aromatic carbocycles. The number of imide groups is 1. The fraction of sp³-hybridized carbons (Fsp3) is 0.500. The number of hydrogen-bond donors (Lipinski definition) is 2. The van der Waals surface area contributed by atoms with Crippen LogP contribution in [0.3, 0.4) is 0 Å². The summed E-state index contributed by atoms with van der Waals surface area (Å²) in [4.78, 5) is 27.8. The normalized spacial score (nSPS) is 10.9. The lowest BCUT2D eigenvalue weighted by atomic mass is 10.1. The molecule has 28 heavy (non-hydrogen) atoms. The van der Waals surface area contributed by atoms with Crippen molar-refractivity contribution >= 4 is 23.7 Å². The summed E-state index contributed by atoms with van der Waals surface area (Å²) in [6, 6.07) is 3.20. The van der Waals surface area contributed by atoms with Crippen molar-refractivity contribution in [1.29, 1.82) is 0 Å². The number of pyridine rings is 1. The van der Waals surface area contributed by atoms with Gasteiger partial charge in [0.2, 0.25) is 5.91 Å². The predicted octanol–water partition coefficient (Wildman–Crippen LogP) is 1.95. The minimum Gasteiger partial charge on any atom is -0.383 e. The molecule has 2 N–H and O–H groups in total. The Labute approximate surface area is 168 Å². The van der Waals surface area contributed by atoms with E-state index in [1.54, 1.807) is 19.5 Å². The van der Waals surface area contributed by atoms with Gasteiger partial charge >= 0.3 is 6.03 Å². The lowest BCUT2D eigenvalue weighted by Gasteiger charge is -2.10. The molecule has 0 radical (unpaired) electrons. The summed E-state index contributed by atoms with van der Waals surface area (Å²) in [5.74, 6) is 0.825. The van der Waals surface area contributed by atoms with Gasteiger partial charge in [0.05, 0.1) is 18.9 Å². The highest BCUT2D eigenvalue weighted by molar-refractivity contribution is 7.99. The first-order valence-electron chi connectivity index (χ1n) is 9.04. The molecule has 2 aromatic rings. The van der Waals surface area contributed by atoms with Crippen LogP contribution < -0.4 is 10.6 Å². The van der Waals surface area contributed by atoms with Gasteiger partial charge in [0.25, 0.3) is 0 Å². The quantitative estimate of drug-likeness (QED) is 0.580. The van der Waals surface area contributed by atoms with Gasteiger partial charge < -0.3 is 10.1 Å². The maximum Gasteiger partial charge on any atom is 0.321 e. The molecule has 0 aliphatic heterocycles. The highest BCUT2D eigenvalue weighted by Gasteiger charge is 2.16. The van der Waals surface area contributed by atoms with E-state index in [1.165, 1.54) is 11.8 Å². The number of hydrogen-bond acceptors (Lipinski definition) is 7. The number of carbonyl (C=O) groups excluding carboxylic acids is 2. The third kappa shape index (κ3) is 6.93. The van der Waals surface area contributed by atoms with E-state index >= 15 is 0 Å². The minimum absolute atomic E-state index is 0.0546. The van der Waals surface area contributed by atoms with Crippen LogP contribution in [0.15, 0.2) is 29.7 Å². The molecule has 10 heteroatoms. The van der Waals surface area contributed by atoms with Gasteiger partial charge in [-0.2, -0.15) is 0 Å². The fourth-order valence-electron chi connectivity index (χ4n) is 2.31. The van der Waals surface area contributed by atoms with Crippen molar-refractivity contribution in [2.75, 3.05) is 26.0 Å². The van der Waals surface area contributed by atoms with Gasteiger partial charge in [-0.1, -0.05) is 25.6 Å². The average molecular weight is 407 g/mol. The number of thioether (sulfide) groups is 1. The summed E-state index contributed by atoms with van der Waals surface area (Å²) in [6.45, 7) is 5.70. The van der Waals surface area contributed by atoms with Crippen LogP contribution in [0.4, 0.5) is 4.79 Å². The number of aromatic nitrogens is 4. The molecule has 0 saturated carbocycles. The molecule has 0 unspecified atom stereocenters. The number of ether oxygens (including phenoxy) is 1. The Morgan fingerprint density at radius 1 is 1.25 bits per heavy atom. The van der Waals surface area contributed by atoms with Crippen LogP contribution in [-0.2, 0) is 16.1 Å². The van der Waals surface area contributed by atoms with Gasteiger partial charge in [0.1, 0.15) is 0 Å². The molecule has 0 spiro atoms. The molecule has 0 aliphatic rings. The highest BCUT2D eigenvalue weighted by Crippen LogP contribution is 2.23. The first kappa shape index (κ1) is 21.8. The van der Waals surface area contributed by atoms with Crippen molar-refractivity contribution in [2.45, 2.75) is 32.0 Å². The number of nitrogens with zero attached hydrogens (tertiary/aromatic N) is 4. The molecule has 2 heterocycles. The van der Waals surface area contributed by atoms with Crippen LogP contribution in [0.5, 0.6) is 0 Å². The van der Waals surface area contributed by atoms with Crippen LogP contribution in [0.2, 0.25) is 0 Å². The molecule has 9 nitrogen and oxygen atoms in total. The molecule has 2 rings (SSSR count). The van der Waals surface area contributed by atoms with Crippen LogP contribution in [0, 0.1) is 5.92 Å². The number of methoxy groups -OCH3 is 1. The molecule has 0 atom stereocenters. The first-order chi connectivity index (χ1) is 13.5. The van der Waals surface area contributed by atoms with Crippen molar-refractivity contribution in [3.05, 3.63) is 24.5 Å². The maximum atomic E-state index is 12.0. The van der Waals surface area contributed by atoms with Gasteiger partial charge in [0.15, 0.2) is 11.0 Å². The third-order valence-electron chi connectivity index (χ3n) is 3.77. The van der Waals surface area contributed by atoms with Gasteiger partial charge in [-0.25, -0.2) is 4.79 Å². The van der Waals surface area contributed by atoms with Gasteiger partial charge in [-0.05, 0) is 24.5 Å². The second kappa shape index (κ2) is 11.4. The lowest BCUT2D eigenvalue weighted by molar-refractivity contribution is -0.117. The zero-order chi connectivity index (χ0) is 20.4. The molecular weight excluding hydrogens is 380 g/mol. The van der Waals surface area contributed by atoms with E-state index in [4.69, 9.17) is 4.74 Å². The summed E-state index contributed by atoms with van der Waals surface area (Å²) in [7, 11) is 1.62. The minimum atomic E-state index is -0.482. The van der Waals surface area contributed by atoms with Gasteiger partial charge in [-0.3, -0.25) is 19.7 Å². The topological polar surface area (TPSA) is 111 Å². The molecule has 0 aliphatic carbocycles. The van der Waals surface area contributed by atoms with E-state index in [2.05, 4.69) is 39.7 Å². The van der Waals surface area contributed by atoms with Crippen molar-refractivity contribution < 1.29 is 14.3 Å². The van der Waals surface area contributed by atoms with E-state index in [1.807, 2.05) is 16.7 Å². The monoisotopic (exact) mass is 406 g/mol. The molecule has 0 fully saturated rings. The van der Waals surface area contributed by atoms with E-state index in [9.17, 15) is 9.59 Å². The summed E-state index contributed by atoms with van der Waals surface area (Å²) in [6.07, 6.45) is 4.22. The third-order valence-corrected chi connectivity index (χ3v) is 4.73. The Hall–Kier alpha value is -2.46. The molecular formula is C18H26N6O3S. The lowest BCUT2D eigenvalue weighted by Crippen LogP contribution is -2.40. The van der Waals surface area contributed by atoms with E-state index in [-0.39, 0.29) is 5.75 Å². The van der Waals surface area contributed by atoms with Crippen LogP contribution in [0.25, 0.3) is 11.4 Å². The zero-order valence-corrected chi connectivity index (χ0v) is 17.2. The summed E-state index contributed by atoms with van der Waals surface area (Å²) in [5, 5.41) is 14.0. The van der Waals surface area contributed by atoms with Crippen LogP contribution in [-0.4, -0.2) is 57.7 Å². The first-order valence-corrected chi connectivity index (χ1v) is 10.0. The average Bonchev–Trinajstić information content (AvgIpc) is 3.07. The van der Waals surface area contributed by atoms with Crippen molar-refractivity contribution in [3.63, 3.8) is 0 Å². The van der Waals surface area contributed by atoms with Gasteiger partial charge in [-0.15, -0.1) is 10.2 Å². The Morgan fingerprint density at radius 2 is 2.00 bits per heavy atom. The fourth-order valence-corrected chi connectivity index (χ4v) is 3.07. The van der Waals surface area contributed by atoms with E-state index in [0.29, 0.717) is 36.6 Å². The van der Waals surface area contributed by atoms with Crippen molar-refractivity contribution in [2.24, 2.45) is 5.92 Å². The molecule has 152 valence electrons. The summed E-state index contributed by atoms with van der Waals surface area (Å²) < 4.78 is 7.05. The Balaban J connectivity index is 1.95. The smallest absolute Gasteiger partial charge is 0.321 e. The predicted molar refractivity (Wildman–Crippen MR) is 107 cm³/mol. The number of amides is 3. The summed E-state index contributed by atoms with van der Waals surface area (Å²) in [5.41, 5.74) is 0.874. The van der Waals surface area contributed by atoms with Crippen LogP contribution >= 0.6 is 11.8 Å². The maximum absolute atomic E-state index is 12.0. The SMILES string of the molecule is COCCn1c(SCC(=O)NC(=O)NCCC(C)C)nnc1-c1ccncc1.